The van der Waals surface area contributed by atoms with Gasteiger partial charge in [0.2, 0.25) is 0 Å². The van der Waals surface area contributed by atoms with Crippen molar-refractivity contribution in [2.45, 2.75) is 0 Å². The first-order valence-electron chi connectivity index (χ1n) is 7.74. The molecule has 0 atom stereocenters. The maximum atomic E-state index is 12.3. The summed E-state index contributed by atoms with van der Waals surface area (Å²) >= 11 is 2.02. The first-order chi connectivity index (χ1) is 12.5. The van der Waals surface area contributed by atoms with Crippen LogP contribution in [-0.2, 0) is 4.74 Å². The van der Waals surface area contributed by atoms with Gasteiger partial charge in [-0.2, -0.15) is 0 Å². The number of phenolic OH excluding ortho intramolecular Hbond substituents is 1. The van der Waals surface area contributed by atoms with Crippen molar-refractivity contribution in [3.05, 3.63) is 69.3 Å². The Morgan fingerprint density at radius 3 is 2.50 bits per heavy atom. The highest BCUT2D eigenvalue weighted by atomic mass is 127. The van der Waals surface area contributed by atoms with Crippen molar-refractivity contribution < 1.29 is 24.2 Å². The van der Waals surface area contributed by atoms with Crippen LogP contribution < -0.4 is 4.74 Å². The summed E-state index contributed by atoms with van der Waals surface area (Å²) in [5.41, 5.74) is 0.484. The number of carbonyl (C=O) groups excluding carboxylic acids is 2. The zero-order valence-corrected chi connectivity index (χ0v) is 16.0. The topological polar surface area (TPSA) is 72.8 Å². The van der Waals surface area contributed by atoms with Gasteiger partial charge < -0.3 is 14.6 Å². The number of aromatic hydroxyl groups is 1. The van der Waals surface area contributed by atoms with E-state index in [-0.39, 0.29) is 17.1 Å². The lowest BCUT2D eigenvalue weighted by Crippen LogP contribution is -2.14. The van der Waals surface area contributed by atoms with Crippen LogP contribution in [0.2, 0.25) is 0 Å². The maximum Gasteiger partial charge on any atom is 0.342 e. The molecule has 0 fully saturated rings. The summed E-state index contributed by atoms with van der Waals surface area (Å²) < 4.78 is 11.0. The lowest BCUT2D eigenvalue weighted by molar-refractivity contribution is 0.0472. The fourth-order valence-corrected chi connectivity index (χ4v) is 2.98. The van der Waals surface area contributed by atoms with Gasteiger partial charge in [0.1, 0.15) is 17.1 Å². The van der Waals surface area contributed by atoms with Crippen LogP contribution in [0.1, 0.15) is 20.7 Å². The van der Waals surface area contributed by atoms with Gasteiger partial charge in [0.15, 0.2) is 12.4 Å². The molecule has 0 radical (unpaired) electrons. The van der Waals surface area contributed by atoms with Gasteiger partial charge >= 0.3 is 5.97 Å². The highest BCUT2D eigenvalue weighted by molar-refractivity contribution is 14.1. The van der Waals surface area contributed by atoms with E-state index >= 15 is 0 Å². The molecule has 0 amide bonds. The Balaban J connectivity index is 1.72. The average Bonchev–Trinajstić information content (AvgIpc) is 2.66. The third-order valence-electron chi connectivity index (χ3n) is 3.88. The van der Waals surface area contributed by atoms with E-state index < -0.39 is 12.6 Å². The van der Waals surface area contributed by atoms with E-state index in [0.717, 1.165) is 20.1 Å². The summed E-state index contributed by atoms with van der Waals surface area (Å²) in [4.78, 5) is 24.4. The molecule has 0 unspecified atom stereocenters. The molecular weight excluding hydrogens is 447 g/mol. The number of hydrogen-bond acceptors (Lipinski definition) is 5. The minimum atomic E-state index is -0.736. The molecule has 0 bridgehead atoms. The SMILES string of the molecule is COc1ccc2cc(C(=O)COC(=O)c3cc(I)ccc3O)ccc2c1. The molecule has 3 aromatic carbocycles. The lowest BCUT2D eigenvalue weighted by atomic mass is 10.0. The van der Waals surface area contributed by atoms with E-state index in [1.54, 1.807) is 25.3 Å². The molecule has 0 saturated carbocycles. The Labute approximate surface area is 163 Å². The molecule has 26 heavy (non-hydrogen) atoms. The van der Waals surface area contributed by atoms with Gasteiger partial charge in [0.25, 0.3) is 0 Å². The minimum Gasteiger partial charge on any atom is -0.507 e. The number of phenols is 1. The zero-order chi connectivity index (χ0) is 18.7. The molecule has 0 heterocycles. The van der Waals surface area contributed by atoms with Gasteiger partial charge in [-0.25, -0.2) is 4.79 Å². The quantitative estimate of drug-likeness (QED) is 0.350. The van der Waals surface area contributed by atoms with Gasteiger partial charge in [-0.3, -0.25) is 4.79 Å². The van der Waals surface area contributed by atoms with Crippen LogP contribution in [0.25, 0.3) is 10.8 Å². The summed E-state index contributed by atoms with van der Waals surface area (Å²) in [6.07, 6.45) is 0. The number of fused-ring (bicyclic) bond motifs is 1. The fraction of sp³-hybridized carbons (Fsp3) is 0.100. The smallest absolute Gasteiger partial charge is 0.342 e. The third kappa shape index (κ3) is 3.96. The summed E-state index contributed by atoms with van der Waals surface area (Å²) in [6, 6.07) is 15.4. The standard InChI is InChI=1S/C20H15IO5/c1-25-16-6-4-12-8-14(3-2-13(12)9-16)19(23)11-26-20(24)17-10-15(21)5-7-18(17)22/h2-10,22H,11H2,1H3. The molecule has 1 N–H and O–H groups in total. The van der Waals surface area contributed by atoms with E-state index in [1.165, 1.54) is 12.1 Å². The van der Waals surface area contributed by atoms with Crippen LogP contribution in [0.4, 0.5) is 0 Å². The maximum absolute atomic E-state index is 12.3. The van der Waals surface area contributed by atoms with Crippen molar-refractivity contribution in [3.63, 3.8) is 0 Å². The normalized spacial score (nSPS) is 10.5. The van der Waals surface area contributed by atoms with Crippen molar-refractivity contribution >= 4 is 45.1 Å². The highest BCUT2D eigenvalue weighted by Crippen LogP contribution is 2.23. The van der Waals surface area contributed by atoms with Gasteiger partial charge in [0, 0.05) is 9.13 Å². The third-order valence-corrected chi connectivity index (χ3v) is 4.55. The number of Topliss-reactive ketones (excluding diaryl/α,β-unsaturated/α-hetero) is 1. The lowest BCUT2D eigenvalue weighted by Gasteiger charge is -2.08. The van der Waals surface area contributed by atoms with E-state index in [9.17, 15) is 14.7 Å². The molecule has 0 aliphatic carbocycles. The second kappa shape index (κ2) is 7.74. The molecule has 132 valence electrons. The highest BCUT2D eigenvalue weighted by Gasteiger charge is 2.16. The van der Waals surface area contributed by atoms with Gasteiger partial charge in [0.05, 0.1) is 7.11 Å². The molecule has 0 aliphatic rings. The molecule has 0 saturated heterocycles. The number of ether oxygens (including phenoxy) is 2. The number of methoxy groups -OCH3 is 1. The Morgan fingerprint density at radius 2 is 1.73 bits per heavy atom. The summed E-state index contributed by atoms with van der Waals surface area (Å²) in [7, 11) is 1.60. The van der Waals surface area contributed by atoms with E-state index in [0.29, 0.717) is 5.56 Å². The zero-order valence-electron chi connectivity index (χ0n) is 13.9. The molecule has 3 rings (SSSR count). The predicted molar refractivity (Wildman–Crippen MR) is 106 cm³/mol. The van der Waals surface area contributed by atoms with Crippen molar-refractivity contribution in [2.75, 3.05) is 13.7 Å². The molecule has 0 aromatic heterocycles. The van der Waals surface area contributed by atoms with Crippen LogP contribution in [0.3, 0.4) is 0 Å². The average molecular weight is 462 g/mol. The number of esters is 1. The van der Waals surface area contributed by atoms with Crippen molar-refractivity contribution in [1.82, 2.24) is 0 Å². The Morgan fingerprint density at radius 1 is 1.00 bits per heavy atom. The molecule has 0 spiro atoms. The van der Waals surface area contributed by atoms with Gasteiger partial charge in [-0.1, -0.05) is 18.2 Å². The van der Waals surface area contributed by atoms with E-state index in [4.69, 9.17) is 9.47 Å². The van der Waals surface area contributed by atoms with E-state index in [2.05, 4.69) is 0 Å². The Hall–Kier alpha value is -2.61. The summed E-state index contributed by atoms with van der Waals surface area (Å²) in [5, 5.41) is 11.6. The number of halogens is 1. The first kappa shape index (κ1) is 18.2. The van der Waals surface area contributed by atoms with Crippen LogP contribution >= 0.6 is 22.6 Å². The molecule has 3 aromatic rings. The summed E-state index contributed by atoms with van der Waals surface area (Å²) in [5.74, 6) is -0.494. The van der Waals surface area contributed by atoms with E-state index in [1.807, 2.05) is 46.9 Å². The van der Waals surface area contributed by atoms with Crippen LogP contribution in [0, 0.1) is 3.57 Å². The molecular formula is C20H15IO5. The number of carbonyl (C=O) groups is 2. The monoisotopic (exact) mass is 462 g/mol. The van der Waals surface area contributed by atoms with Gasteiger partial charge in [-0.15, -0.1) is 0 Å². The van der Waals surface area contributed by atoms with Crippen LogP contribution in [0.5, 0.6) is 11.5 Å². The second-order valence-corrected chi connectivity index (χ2v) is 6.83. The minimum absolute atomic E-state index is 0.0373. The number of hydrogen-bond donors (Lipinski definition) is 1. The van der Waals surface area contributed by atoms with Crippen molar-refractivity contribution in [3.8, 4) is 11.5 Å². The number of benzene rings is 3. The fourth-order valence-electron chi connectivity index (χ4n) is 2.49. The van der Waals surface area contributed by atoms with Crippen LogP contribution in [-0.4, -0.2) is 30.6 Å². The van der Waals surface area contributed by atoms with Crippen molar-refractivity contribution in [1.29, 1.82) is 0 Å². The van der Waals surface area contributed by atoms with Gasteiger partial charge in [-0.05, 0) is 69.8 Å². The summed E-state index contributed by atoms with van der Waals surface area (Å²) in [6.45, 7) is -0.397. The Bertz CT molecular complexity index is 997. The number of rotatable bonds is 5. The Kier molecular flexibility index (Phi) is 5.41. The molecule has 0 aliphatic heterocycles. The van der Waals surface area contributed by atoms with Crippen molar-refractivity contribution in [2.24, 2.45) is 0 Å². The molecule has 6 heteroatoms. The second-order valence-electron chi connectivity index (χ2n) is 5.59. The predicted octanol–water partition coefficient (Wildman–Crippen LogP) is 4.20. The van der Waals surface area contributed by atoms with Crippen LogP contribution in [0.15, 0.2) is 54.6 Å². The number of ketones is 1. The molecule has 5 nitrogen and oxygen atoms in total. The largest absolute Gasteiger partial charge is 0.507 e. The first-order valence-corrected chi connectivity index (χ1v) is 8.82.